The number of aryl methyl sites for hydroxylation is 2. The minimum atomic E-state index is -2.22. The largest absolute Gasteiger partial charge is 0.768 e. The zero-order valence-electron chi connectivity index (χ0n) is 6.83. The van der Waals surface area contributed by atoms with Crippen molar-refractivity contribution in [3.05, 3.63) is 23.3 Å². The molecule has 1 aromatic rings. The molecule has 0 aliphatic rings. The number of rotatable bonds is 1. The lowest BCUT2D eigenvalue weighted by atomic mass is 10.1. The van der Waals surface area contributed by atoms with Gasteiger partial charge in [-0.2, -0.15) is 0 Å². The monoisotopic (exact) mass is 185 g/mol. The van der Waals surface area contributed by atoms with Crippen LogP contribution in [0.1, 0.15) is 11.1 Å². The van der Waals surface area contributed by atoms with Crippen molar-refractivity contribution in [1.29, 1.82) is 0 Å². The van der Waals surface area contributed by atoms with Gasteiger partial charge in [-0.15, -0.1) is 0 Å². The van der Waals surface area contributed by atoms with Crippen LogP contribution < -0.4 is 0 Å². The Kier molecular flexibility index (Phi) is 2.49. The van der Waals surface area contributed by atoms with Gasteiger partial charge in [0.05, 0.1) is 0 Å². The van der Waals surface area contributed by atoms with E-state index >= 15 is 0 Å². The van der Waals surface area contributed by atoms with Gasteiger partial charge in [-0.3, -0.25) is 4.21 Å². The van der Waals surface area contributed by atoms with Crippen molar-refractivity contribution >= 4 is 11.1 Å². The van der Waals surface area contributed by atoms with Gasteiger partial charge < -0.3 is 9.66 Å². The average molecular weight is 185 g/mol. The third kappa shape index (κ3) is 1.65. The van der Waals surface area contributed by atoms with Gasteiger partial charge in [0.1, 0.15) is 5.75 Å². The average Bonchev–Trinajstić information content (AvgIpc) is 1.99. The lowest BCUT2D eigenvalue weighted by Gasteiger charge is -2.09. The number of phenols is 1. The normalized spacial score (nSPS) is 12.9. The molecule has 0 aliphatic heterocycles. The van der Waals surface area contributed by atoms with Gasteiger partial charge in [0.2, 0.25) is 0 Å². The number of hydrogen-bond acceptors (Lipinski definition) is 3. The maximum absolute atomic E-state index is 10.5. The molecule has 0 spiro atoms. The van der Waals surface area contributed by atoms with E-state index in [1.807, 2.05) is 0 Å². The second-order valence-corrected chi connectivity index (χ2v) is 3.58. The molecule has 1 unspecified atom stereocenters. The van der Waals surface area contributed by atoms with Crippen LogP contribution in [-0.4, -0.2) is 13.9 Å². The van der Waals surface area contributed by atoms with E-state index in [9.17, 15) is 13.9 Å². The molecule has 0 amide bonds. The first kappa shape index (κ1) is 9.22. The Morgan fingerprint density at radius 2 is 1.75 bits per heavy atom. The molecule has 4 heteroatoms. The molecule has 0 heterocycles. The zero-order chi connectivity index (χ0) is 9.30. The van der Waals surface area contributed by atoms with E-state index in [-0.39, 0.29) is 10.6 Å². The molecule has 3 nitrogen and oxygen atoms in total. The first-order valence-electron chi connectivity index (χ1n) is 3.42. The SMILES string of the molecule is Cc1cc(S(=O)[O-])cc(C)c1O. The van der Waals surface area contributed by atoms with Crippen molar-refractivity contribution in [2.24, 2.45) is 0 Å². The molecule has 0 fully saturated rings. The third-order valence-corrected chi connectivity index (χ3v) is 2.28. The molecule has 0 aliphatic carbocycles. The molecule has 1 rings (SSSR count). The first-order valence-corrected chi connectivity index (χ1v) is 4.49. The molecular weight excluding hydrogens is 176 g/mol. The Hall–Kier alpha value is -0.870. The molecular formula is C8H9O3S-. The van der Waals surface area contributed by atoms with Crippen LogP contribution in [0.3, 0.4) is 0 Å². The molecule has 0 aromatic heterocycles. The summed E-state index contributed by atoms with van der Waals surface area (Å²) >= 11 is -2.22. The van der Waals surface area contributed by atoms with E-state index in [2.05, 4.69) is 0 Å². The molecule has 0 saturated heterocycles. The maximum atomic E-state index is 10.5. The van der Waals surface area contributed by atoms with Crippen molar-refractivity contribution in [3.8, 4) is 5.75 Å². The molecule has 0 radical (unpaired) electrons. The molecule has 12 heavy (non-hydrogen) atoms. The first-order chi connectivity index (χ1) is 5.52. The fraction of sp³-hybridized carbons (Fsp3) is 0.250. The van der Waals surface area contributed by atoms with E-state index in [0.717, 1.165) is 0 Å². The van der Waals surface area contributed by atoms with Gasteiger partial charge in [0.25, 0.3) is 0 Å². The topological polar surface area (TPSA) is 60.4 Å². The summed E-state index contributed by atoms with van der Waals surface area (Å²) in [6.45, 7) is 3.33. The Balaban J connectivity index is 3.31. The zero-order valence-corrected chi connectivity index (χ0v) is 7.64. The second kappa shape index (κ2) is 3.25. The summed E-state index contributed by atoms with van der Waals surface area (Å²) in [7, 11) is 0. The van der Waals surface area contributed by atoms with Crippen LogP contribution in [0.4, 0.5) is 0 Å². The summed E-state index contributed by atoms with van der Waals surface area (Å²) in [4.78, 5) is 0.211. The van der Waals surface area contributed by atoms with Gasteiger partial charge in [0.15, 0.2) is 0 Å². The van der Waals surface area contributed by atoms with E-state index < -0.39 is 11.1 Å². The number of hydrogen-bond donors (Lipinski definition) is 1. The molecule has 1 aromatic carbocycles. The van der Waals surface area contributed by atoms with E-state index in [4.69, 9.17) is 0 Å². The van der Waals surface area contributed by atoms with E-state index in [1.54, 1.807) is 13.8 Å². The van der Waals surface area contributed by atoms with Crippen molar-refractivity contribution in [2.45, 2.75) is 18.7 Å². The van der Waals surface area contributed by atoms with Crippen molar-refractivity contribution < 1.29 is 13.9 Å². The molecule has 0 bridgehead atoms. The lowest BCUT2D eigenvalue weighted by Crippen LogP contribution is -1.91. The minimum Gasteiger partial charge on any atom is -0.768 e. The van der Waals surface area contributed by atoms with Crippen LogP contribution in [0.5, 0.6) is 5.75 Å². The van der Waals surface area contributed by atoms with Crippen LogP contribution >= 0.6 is 0 Å². The fourth-order valence-corrected chi connectivity index (χ4v) is 1.56. The van der Waals surface area contributed by atoms with Crippen LogP contribution in [-0.2, 0) is 11.1 Å². The molecule has 1 atom stereocenters. The standard InChI is InChI=1S/C8H10O3S/c1-5-3-7(12(10)11)4-6(2)8(5)9/h3-4,9H,1-2H3,(H,10,11)/p-1. The van der Waals surface area contributed by atoms with E-state index in [0.29, 0.717) is 11.1 Å². The lowest BCUT2D eigenvalue weighted by molar-refractivity contribution is 0.466. The van der Waals surface area contributed by atoms with Crippen molar-refractivity contribution in [3.63, 3.8) is 0 Å². The van der Waals surface area contributed by atoms with Crippen LogP contribution in [0.15, 0.2) is 17.0 Å². The van der Waals surface area contributed by atoms with Crippen LogP contribution in [0.2, 0.25) is 0 Å². The van der Waals surface area contributed by atoms with Gasteiger partial charge in [-0.1, -0.05) is 0 Å². The van der Waals surface area contributed by atoms with Gasteiger partial charge >= 0.3 is 0 Å². The Bertz CT molecular complexity index is 310. The molecule has 66 valence electrons. The smallest absolute Gasteiger partial charge is 0.121 e. The third-order valence-electron chi connectivity index (χ3n) is 1.66. The fourth-order valence-electron chi connectivity index (χ4n) is 1.01. The molecule has 1 N–H and O–H groups in total. The predicted octanol–water partition coefficient (Wildman–Crippen LogP) is 1.25. The molecule has 0 saturated carbocycles. The van der Waals surface area contributed by atoms with Crippen molar-refractivity contribution in [2.75, 3.05) is 0 Å². The highest BCUT2D eigenvalue weighted by Crippen LogP contribution is 2.23. The highest BCUT2D eigenvalue weighted by molar-refractivity contribution is 7.79. The highest BCUT2D eigenvalue weighted by Gasteiger charge is 2.02. The Morgan fingerprint density at radius 3 is 2.08 bits per heavy atom. The quantitative estimate of drug-likeness (QED) is 0.670. The van der Waals surface area contributed by atoms with Gasteiger partial charge in [-0.25, -0.2) is 0 Å². The van der Waals surface area contributed by atoms with E-state index in [1.165, 1.54) is 12.1 Å². The summed E-state index contributed by atoms with van der Waals surface area (Å²) < 4.78 is 21.1. The number of benzene rings is 1. The number of aromatic hydroxyl groups is 1. The van der Waals surface area contributed by atoms with Gasteiger partial charge in [0, 0.05) is 4.90 Å². The summed E-state index contributed by atoms with van der Waals surface area (Å²) in [6.07, 6.45) is 0. The Labute approximate surface area is 73.3 Å². The van der Waals surface area contributed by atoms with Crippen LogP contribution in [0, 0.1) is 13.8 Å². The maximum Gasteiger partial charge on any atom is 0.121 e. The second-order valence-electron chi connectivity index (χ2n) is 2.64. The summed E-state index contributed by atoms with van der Waals surface area (Å²) in [5, 5.41) is 9.31. The number of phenolic OH excluding ortho intramolecular Hbond substituents is 1. The Morgan fingerprint density at radius 1 is 1.33 bits per heavy atom. The van der Waals surface area contributed by atoms with Crippen LogP contribution in [0.25, 0.3) is 0 Å². The van der Waals surface area contributed by atoms with Crippen molar-refractivity contribution in [1.82, 2.24) is 0 Å². The summed E-state index contributed by atoms with van der Waals surface area (Å²) in [5.41, 5.74) is 1.16. The minimum absolute atomic E-state index is 0.157. The van der Waals surface area contributed by atoms with Gasteiger partial charge in [-0.05, 0) is 48.2 Å². The predicted molar refractivity (Wildman–Crippen MR) is 44.8 cm³/mol. The summed E-state index contributed by atoms with van der Waals surface area (Å²) in [6, 6.07) is 2.87. The highest BCUT2D eigenvalue weighted by atomic mass is 32.2. The summed E-state index contributed by atoms with van der Waals surface area (Å²) in [5.74, 6) is 0.157.